The van der Waals surface area contributed by atoms with Gasteiger partial charge in [-0.2, -0.15) is 0 Å². The molecule has 1 aromatic rings. The molecule has 0 fully saturated rings. The first-order valence-corrected chi connectivity index (χ1v) is 4.91. The summed E-state index contributed by atoms with van der Waals surface area (Å²) >= 11 is 0. The van der Waals surface area contributed by atoms with Gasteiger partial charge in [-0.3, -0.25) is 4.79 Å². The summed E-state index contributed by atoms with van der Waals surface area (Å²) in [5, 5.41) is 11.6. The van der Waals surface area contributed by atoms with Gasteiger partial charge in [-0.1, -0.05) is 0 Å². The van der Waals surface area contributed by atoms with Gasteiger partial charge in [-0.05, 0) is 25.1 Å². The smallest absolute Gasteiger partial charge is 0.335 e. The summed E-state index contributed by atoms with van der Waals surface area (Å²) in [7, 11) is 1.77. The molecule has 5 heteroatoms. The highest BCUT2D eigenvalue weighted by molar-refractivity contribution is 6.04. The number of carbonyl (C=O) groups is 2. The second-order valence-electron chi connectivity index (χ2n) is 3.81. The highest BCUT2D eigenvalue weighted by Gasteiger charge is 2.27. The van der Waals surface area contributed by atoms with E-state index in [9.17, 15) is 9.59 Å². The Hall–Kier alpha value is -2.04. The van der Waals surface area contributed by atoms with Gasteiger partial charge in [0, 0.05) is 7.05 Å². The van der Waals surface area contributed by atoms with Gasteiger partial charge in [0.25, 0.3) is 0 Å². The number of carboxylic acid groups (broad SMARTS) is 1. The van der Waals surface area contributed by atoms with Crippen LogP contribution in [-0.4, -0.2) is 30.1 Å². The van der Waals surface area contributed by atoms with Crippen LogP contribution in [0.25, 0.3) is 0 Å². The molecule has 2 N–H and O–H groups in total. The summed E-state index contributed by atoms with van der Waals surface area (Å²) in [5.74, 6) is -1.06. The van der Waals surface area contributed by atoms with Gasteiger partial charge < -0.3 is 15.3 Å². The average Bonchev–Trinajstić information content (AvgIpc) is 2.25. The van der Waals surface area contributed by atoms with Crippen molar-refractivity contribution in [2.45, 2.75) is 13.0 Å². The predicted molar refractivity (Wildman–Crippen MR) is 59.9 cm³/mol. The Morgan fingerprint density at radius 2 is 2.19 bits per heavy atom. The Bertz CT molecular complexity index is 470. The molecule has 0 spiro atoms. The number of hydrogen-bond acceptors (Lipinski definition) is 3. The van der Waals surface area contributed by atoms with Gasteiger partial charge in [-0.25, -0.2) is 4.79 Å². The third kappa shape index (κ3) is 1.50. The van der Waals surface area contributed by atoms with Gasteiger partial charge in [0.1, 0.15) is 6.04 Å². The van der Waals surface area contributed by atoms with Gasteiger partial charge in [0.15, 0.2) is 0 Å². The van der Waals surface area contributed by atoms with Crippen LogP contribution in [0.1, 0.15) is 17.3 Å². The zero-order valence-corrected chi connectivity index (χ0v) is 9.02. The van der Waals surface area contributed by atoms with Crippen LogP contribution >= 0.6 is 0 Å². The molecule has 0 radical (unpaired) electrons. The molecule has 1 aromatic carbocycles. The number of aromatic carboxylic acids is 1. The average molecular weight is 220 g/mol. The van der Waals surface area contributed by atoms with E-state index in [1.54, 1.807) is 31.0 Å². The monoisotopic (exact) mass is 220 g/mol. The van der Waals surface area contributed by atoms with Crippen LogP contribution in [0.5, 0.6) is 0 Å². The molecule has 2 rings (SSSR count). The molecule has 1 atom stereocenters. The predicted octanol–water partition coefficient (Wildman–Crippen LogP) is 1.16. The Morgan fingerprint density at radius 3 is 2.81 bits per heavy atom. The Morgan fingerprint density at radius 1 is 1.50 bits per heavy atom. The molecule has 1 aliphatic rings. The number of amides is 1. The first-order valence-electron chi connectivity index (χ1n) is 4.91. The number of anilines is 2. The molecule has 0 saturated carbocycles. The van der Waals surface area contributed by atoms with E-state index >= 15 is 0 Å². The lowest BCUT2D eigenvalue weighted by molar-refractivity contribution is -0.117. The standard InChI is InChI=1S/C11H12N2O3/c1-6-10(14)12-8-4-3-7(11(15)16)5-9(8)13(6)2/h3-6H,1-2H3,(H,12,14)(H,15,16). The summed E-state index contributed by atoms with van der Waals surface area (Å²) in [6.45, 7) is 1.77. The molecule has 0 aliphatic carbocycles. The van der Waals surface area contributed by atoms with Gasteiger partial charge >= 0.3 is 5.97 Å². The van der Waals surface area contributed by atoms with Crippen molar-refractivity contribution in [3.05, 3.63) is 23.8 Å². The number of likely N-dealkylation sites (N-methyl/N-ethyl adjacent to an activating group) is 1. The minimum Gasteiger partial charge on any atom is -0.478 e. The quantitative estimate of drug-likeness (QED) is 0.745. The van der Waals surface area contributed by atoms with Gasteiger partial charge in [-0.15, -0.1) is 0 Å². The van der Waals surface area contributed by atoms with E-state index in [1.165, 1.54) is 6.07 Å². The van der Waals surface area contributed by atoms with Crippen molar-refractivity contribution < 1.29 is 14.7 Å². The van der Waals surface area contributed by atoms with E-state index in [2.05, 4.69) is 5.32 Å². The maximum absolute atomic E-state index is 11.5. The first kappa shape index (κ1) is 10.5. The third-order valence-electron chi connectivity index (χ3n) is 2.84. The Kier molecular flexibility index (Phi) is 2.30. The van der Waals surface area contributed by atoms with E-state index in [1.807, 2.05) is 0 Å². The fourth-order valence-electron chi connectivity index (χ4n) is 1.68. The number of carbonyl (C=O) groups excluding carboxylic acids is 1. The van der Waals surface area contributed by atoms with Crippen molar-refractivity contribution in [2.24, 2.45) is 0 Å². The molecule has 5 nitrogen and oxygen atoms in total. The van der Waals surface area contributed by atoms with Crippen LogP contribution in [0.2, 0.25) is 0 Å². The van der Waals surface area contributed by atoms with E-state index in [0.717, 1.165) is 5.69 Å². The lowest BCUT2D eigenvalue weighted by Gasteiger charge is -2.33. The van der Waals surface area contributed by atoms with Crippen molar-refractivity contribution in [1.29, 1.82) is 0 Å². The number of nitrogens with one attached hydrogen (secondary N) is 1. The molecular weight excluding hydrogens is 208 g/mol. The summed E-state index contributed by atoms with van der Waals surface area (Å²) < 4.78 is 0. The maximum atomic E-state index is 11.5. The number of benzene rings is 1. The summed E-state index contributed by atoms with van der Waals surface area (Å²) in [6, 6.07) is 4.36. The topological polar surface area (TPSA) is 69.6 Å². The van der Waals surface area contributed by atoms with Crippen molar-refractivity contribution in [3.8, 4) is 0 Å². The summed E-state index contributed by atoms with van der Waals surface area (Å²) in [6.07, 6.45) is 0. The van der Waals surface area contributed by atoms with Crippen molar-refractivity contribution >= 4 is 23.3 Å². The van der Waals surface area contributed by atoms with Gasteiger partial charge in [0.05, 0.1) is 16.9 Å². The highest BCUT2D eigenvalue weighted by Crippen LogP contribution is 2.31. The van der Waals surface area contributed by atoms with Crippen LogP contribution in [0.4, 0.5) is 11.4 Å². The SMILES string of the molecule is CC1C(=O)Nc2ccc(C(=O)O)cc2N1C. The zero-order valence-electron chi connectivity index (χ0n) is 9.02. The molecule has 0 bridgehead atoms. The highest BCUT2D eigenvalue weighted by atomic mass is 16.4. The van der Waals surface area contributed by atoms with Crippen LogP contribution < -0.4 is 10.2 Å². The number of carboxylic acids is 1. The fraction of sp³-hybridized carbons (Fsp3) is 0.273. The number of rotatable bonds is 1. The number of nitrogens with zero attached hydrogens (tertiary/aromatic N) is 1. The van der Waals surface area contributed by atoms with Gasteiger partial charge in [0.2, 0.25) is 5.91 Å². The molecule has 1 heterocycles. The number of hydrogen-bond donors (Lipinski definition) is 2. The molecule has 0 aromatic heterocycles. The molecule has 84 valence electrons. The van der Waals surface area contributed by atoms with E-state index in [4.69, 9.17) is 5.11 Å². The largest absolute Gasteiger partial charge is 0.478 e. The second-order valence-corrected chi connectivity index (χ2v) is 3.81. The molecular formula is C11H12N2O3. The summed E-state index contributed by atoms with van der Waals surface area (Å²) in [5.41, 5.74) is 1.59. The normalized spacial score (nSPS) is 19.0. The third-order valence-corrected chi connectivity index (χ3v) is 2.84. The molecule has 1 aliphatic heterocycles. The Balaban J connectivity index is 2.50. The molecule has 1 amide bonds. The van der Waals surface area contributed by atoms with E-state index in [0.29, 0.717) is 5.69 Å². The van der Waals surface area contributed by atoms with E-state index in [-0.39, 0.29) is 17.5 Å². The number of fused-ring (bicyclic) bond motifs is 1. The fourth-order valence-corrected chi connectivity index (χ4v) is 1.68. The van der Waals surface area contributed by atoms with Crippen LogP contribution in [0, 0.1) is 0 Å². The maximum Gasteiger partial charge on any atom is 0.335 e. The Labute approximate surface area is 92.7 Å². The van der Waals surface area contributed by atoms with Crippen LogP contribution in [0.15, 0.2) is 18.2 Å². The second kappa shape index (κ2) is 3.52. The zero-order chi connectivity index (χ0) is 11.9. The van der Waals surface area contributed by atoms with Crippen molar-refractivity contribution in [1.82, 2.24) is 0 Å². The summed E-state index contributed by atoms with van der Waals surface area (Å²) in [4.78, 5) is 24.1. The van der Waals surface area contributed by atoms with Crippen molar-refractivity contribution in [2.75, 3.05) is 17.3 Å². The first-order chi connectivity index (χ1) is 7.50. The minimum absolute atomic E-state index is 0.0851. The van der Waals surface area contributed by atoms with E-state index < -0.39 is 5.97 Å². The molecule has 16 heavy (non-hydrogen) atoms. The van der Waals surface area contributed by atoms with Crippen LogP contribution in [-0.2, 0) is 4.79 Å². The molecule has 1 unspecified atom stereocenters. The lowest BCUT2D eigenvalue weighted by Crippen LogP contribution is -2.43. The minimum atomic E-state index is -0.972. The molecule has 0 saturated heterocycles. The lowest BCUT2D eigenvalue weighted by atomic mass is 10.1. The van der Waals surface area contributed by atoms with Crippen molar-refractivity contribution in [3.63, 3.8) is 0 Å². The van der Waals surface area contributed by atoms with Crippen LogP contribution in [0.3, 0.4) is 0 Å².